The average molecular weight is 350 g/mol. The van der Waals surface area contributed by atoms with Crippen LogP contribution in [0.3, 0.4) is 0 Å². The second kappa shape index (κ2) is 5.44. The highest BCUT2D eigenvalue weighted by Crippen LogP contribution is 2.38. The second-order valence-electron chi connectivity index (χ2n) is 4.90. The van der Waals surface area contributed by atoms with E-state index in [0.29, 0.717) is 0 Å². The number of pyridine rings is 1. The molecule has 2 aliphatic rings. The zero-order chi connectivity index (χ0) is 16.0. The number of ether oxygens (including phenoxy) is 1. The minimum Gasteiger partial charge on any atom is -0.489 e. The van der Waals surface area contributed by atoms with Gasteiger partial charge < -0.3 is 19.6 Å². The molecule has 0 aromatic carbocycles. The summed E-state index contributed by atoms with van der Waals surface area (Å²) in [6.07, 6.45) is -1.08. The van der Waals surface area contributed by atoms with Gasteiger partial charge in [-0.05, 0) is 0 Å². The molecule has 1 saturated heterocycles. The summed E-state index contributed by atoms with van der Waals surface area (Å²) in [5.74, 6) is -1.85. The maximum Gasteiger partial charge on any atom is 0.407 e. The molecule has 22 heavy (non-hydrogen) atoms. The highest BCUT2D eigenvalue weighted by Gasteiger charge is 2.39. The molecule has 2 aliphatic heterocycles. The topological polar surface area (TPSA) is 83.0 Å². The zero-order valence-corrected chi connectivity index (χ0v) is 12.6. The Morgan fingerprint density at radius 2 is 2.14 bits per heavy atom. The number of halogens is 3. The van der Waals surface area contributed by atoms with Crippen molar-refractivity contribution in [3.63, 3.8) is 0 Å². The lowest BCUT2D eigenvalue weighted by molar-refractivity contribution is 0.0388. The first-order chi connectivity index (χ1) is 10.4. The van der Waals surface area contributed by atoms with Crippen LogP contribution in [0.25, 0.3) is 0 Å². The normalized spacial score (nSPS) is 20.9. The maximum atomic E-state index is 14.0. The Kier molecular flexibility index (Phi) is 3.73. The van der Waals surface area contributed by atoms with Gasteiger partial charge in [0.1, 0.15) is 17.2 Å². The van der Waals surface area contributed by atoms with Crippen molar-refractivity contribution in [1.29, 1.82) is 0 Å². The number of hydrogen-bond donors (Lipinski definition) is 1. The molecule has 7 nitrogen and oxygen atoms in total. The van der Waals surface area contributed by atoms with Gasteiger partial charge in [0, 0.05) is 19.6 Å². The van der Waals surface area contributed by atoms with Crippen LogP contribution in [0, 0.1) is 5.95 Å². The Hall–Kier alpha value is -1.80. The van der Waals surface area contributed by atoms with Gasteiger partial charge in [0.15, 0.2) is 10.9 Å². The molecule has 1 unspecified atom stereocenters. The maximum absolute atomic E-state index is 14.0. The van der Waals surface area contributed by atoms with Crippen LogP contribution in [0.2, 0.25) is 10.2 Å². The minimum absolute atomic E-state index is 0.0119. The average Bonchev–Trinajstić information content (AvgIpc) is 2.62. The van der Waals surface area contributed by atoms with Crippen molar-refractivity contribution in [2.24, 2.45) is 0 Å². The summed E-state index contributed by atoms with van der Waals surface area (Å²) in [5, 5.41) is 8.60. The minimum atomic E-state index is -1.08. The summed E-state index contributed by atoms with van der Waals surface area (Å²) in [6, 6.07) is -0.529. The molecule has 3 heterocycles. The van der Waals surface area contributed by atoms with Crippen molar-refractivity contribution < 1.29 is 23.8 Å². The van der Waals surface area contributed by atoms with Crippen LogP contribution in [-0.4, -0.2) is 64.2 Å². The van der Waals surface area contributed by atoms with Gasteiger partial charge >= 0.3 is 6.09 Å². The molecule has 0 radical (unpaired) electrons. The van der Waals surface area contributed by atoms with Crippen LogP contribution >= 0.6 is 23.2 Å². The molecule has 0 bridgehead atoms. The monoisotopic (exact) mass is 349 g/mol. The van der Waals surface area contributed by atoms with E-state index in [-0.39, 0.29) is 47.7 Å². The summed E-state index contributed by atoms with van der Waals surface area (Å²) in [6.45, 7) is 0.346. The molecule has 1 atom stereocenters. The molecule has 0 aliphatic carbocycles. The number of nitrogens with zero attached hydrogens (tertiary/aromatic N) is 3. The van der Waals surface area contributed by atoms with Gasteiger partial charge in [-0.2, -0.15) is 4.39 Å². The molecule has 1 aromatic heterocycles. The Balaban J connectivity index is 2.00. The van der Waals surface area contributed by atoms with Crippen molar-refractivity contribution >= 4 is 35.2 Å². The molecule has 1 fully saturated rings. The summed E-state index contributed by atoms with van der Waals surface area (Å²) in [5.41, 5.74) is -0.374. The number of carbonyl (C=O) groups excluding carboxylic acids is 1. The highest BCUT2D eigenvalue weighted by atomic mass is 35.5. The van der Waals surface area contributed by atoms with Gasteiger partial charge in [-0.3, -0.25) is 4.79 Å². The SMILES string of the molecule is O=C(O)N1CCN2C(=O)c3c(F)nc(Cl)c(Cl)c3OCC2C1. The third kappa shape index (κ3) is 2.32. The molecule has 1 aromatic rings. The number of aromatic nitrogens is 1. The largest absolute Gasteiger partial charge is 0.489 e. The van der Waals surface area contributed by atoms with Crippen molar-refractivity contribution in [3.05, 3.63) is 21.7 Å². The number of carboxylic acid groups (broad SMARTS) is 1. The van der Waals surface area contributed by atoms with Crippen LogP contribution in [-0.2, 0) is 0 Å². The number of hydrogen-bond acceptors (Lipinski definition) is 4. The lowest BCUT2D eigenvalue weighted by atomic mass is 10.1. The smallest absolute Gasteiger partial charge is 0.407 e. The van der Waals surface area contributed by atoms with Crippen LogP contribution in [0.15, 0.2) is 0 Å². The molecule has 0 spiro atoms. The van der Waals surface area contributed by atoms with E-state index >= 15 is 0 Å². The molecular formula is C12H10Cl2FN3O4. The van der Waals surface area contributed by atoms with E-state index in [2.05, 4.69) is 4.98 Å². The third-order valence-corrected chi connectivity index (χ3v) is 4.38. The van der Waals surface area contributed by atoms with E-state index in [9.17, 15) is 14.0 Å². The summed E-state index contributed by atoms with van der Waals surface area (Å²) in [7, 11) is 0. The van der Waals surface area contributed by atoms with Crippen LogP contribution in [0.4, 0.5) is 9.18 Å². The van der Waals surface area contributed by atoms with Gasteiger partial charge in [0.05, 0.1) is 6.04 Å². The van der Waals surface area contributed by atoms with Crippen LogP contribution < -0.4 is 4.74 Å². The van der Waals surface area contributed by atoms with Crippen LogP contribution in [0.5, 0.6) is 5.75 Å². The fraction of sp³-hybridized carbons (Fsp3) is 0.417. The lowest BCUT2D eigenvalue weighted by Gasteiger charge is -2.38. The fourth-order valence-electron chi connectivity index (χ4n) is 2.57. The van der Waals surface area contributed by atoms with E-state index in [1.165, 1.54) is 9.80 Å². The first kappa shape index (κ1) is 15.1. The molecule has 1 N–H and O–H groups in total. The van der Waals surface area contributed by atoms with Gasteiger partial charge in [0.25, 0.3) is 5.91 Å². The Morgan fingerprint density at radius 3 is 2.82 bits per heavy atom. The number of fused-ring (bicyclic) bond motifs is 2. The Labute approximate surface area is 134 Å². The molecular weight excluding hydrogens is 340 g/mol. The first-order valence-electron chi connectivity index (χ1n) is 6.36. The molecule has 3 rings (SSSR count). The van der Waals surface area contributed by atoms with E-state index in [1.807, 2.05) is 0 Å². The summed E-state index contributed by atoms with van der Waals surface area (Å²) < 4.78 is 19.5. The first-order valence-corrected chi connectivity index (χ1v) is 7.12. The van der Waals surface area contributed by atoms with Crippen molar-refractivity contribution in [1.82, 2.24) is 14.8 Å². The van der Waals surface area contributed by atoms with E-state index in [4.69, 9.17) is 33.0 Å². The Bertz CT molecular complexity index is 672. The number of rotatable bonds is 0. The van der Waals surface area contributed by atoms with Crippen LogP contribution in [0.1, 0.15) is 10.4 Å². The molecule has 10 heteroatoms. The number of amides is 2. The fourth-order valence-corrected chi connectivity index (χ4v) is 2.92. The lowest BCUT2D eigenvalue weighted by Crippen LogP contribution is -2.57. The van der Waals surface area contributed by atoms with Crippen molar-refractivity contribution in [2.75, 3.05) is 26.2 Å². The van der Waals surface area contributed by atoms with Gasteiger partial charge in [0.2, 0.25) is 5.95 Å². The van der Waals surface area contributed by atoms with Crippen molar-refractivity contribution in [2.45, 2.75) is 6.04 Å². The molecule has 0 saturated carbocycles. The molecule has 118 valence electrons. The van der Waals surface area contributed by atoms with E-state index in [0.717, 1.165) is 0 Å². The van der Waals surface area contributed by atoms with E-state index < -0.39 is 24.0 Å². The number of carbonyl (C=O) groups is 2. The van der Waals surface area contributed by atoms with Crippen molar-refractivity contribution in [3.8, 4) is 5.75 Å². The highest BCUT2D eigenvalue weighted by molar-refractivity contribution is 6.42. The quantitative estimate of drug-likeness (QED) is 0.721. The second-order valence-corrected chi connectivity index (χ2v) is 5.64. The zero-order valence-electron chi connectivity index (χ0n) is 11.1. The van der Waals surface area contributed by atoms with Gasteiger partial charge in [-0.1, -0.05) is 23.2 Å². The summed E-state index contributed by atoms with van der Waals surface area (Å²) >= 11 is 11.6. The standard InChI is InChI=1S/C12H10Cl2FN3O4/c13-7-8-6(10(15)16-9(7)14)11(19)18-2-1-17(12(20)21)3-5(18)4-22-8/h5H,1-4H2,(H,20,21). The van der Waals surface area contributed by atoms with E-state index in [1.54, 1.807) is 0 Å². The predicted octanol–water partition coefficient (Wildman–Crippen LogP) is 1.72. The molecule has 2 amide bonds. The Morgan fingerprint density at radius 1 is 1.41 bits per heavy atom. The predicted molar refractivity (Wildman–Crippen MR) is 74.1 cm³/mol. The summed E-state index contributed by atoms with van der Waals surface area (Å²) in [4.78, 5) is 29.5. The van der Waals surface area contributed by atoms with Gasteiger partial charge in [-0.15, -0.1) is 0 Å². The van der Waals surface area contributed by atoms with Gasteiger partial charge in [-0.25, -0.2) is 9.78 Å². The third-order valence-electron chi connectivity index (χ3n) is 3.66. The number of piperazine rings is 1.